The van der Waals surface area contributed by atoms with E-state index in [9.17, 15) is 5.26 Å². The van der Waals surface area contributed by atoms with Crippen molar-refractivity contribution in [1.82, 2.24) is 0 Å². The highest BCUT2D eigenvalue weighted by atomic mass is 35.5. The number of hydrogen-bond donors (Lipinski definition) is 0. The van der Waals surface area contributed by atoms with Gasteiger partial charge in [-0.25, -0.2) is 0 Å². The largest absolute Gasteiger partial charge is 0.489 e. The standard InChI is InChI=1S/C14H15ClN2O/c15-12-6-11(8-16)14-13(7-12)18-5-4-17(14)9-10-2-1-3-10/h6-7,10H,1-5,9H2. The van der Waals surface area contributed by atoms with Crippen LogP contribution in [0.4, 0.5) is 5.69 Å². The van der Waals surface area contributed by atoms with Crippen LogP contribution in [0.1, 0.15) is 24.8 Å². The first-order valence-electron chi connectivity index (χ1n) is 6.39. The molecule has 1 saturated carbocycles. The average Bonchev–Trinajstić information content (AvgIpc) is 2.32. The van der Waals surface area contributed by atoms with Crippen LogP contribution in [-0.4, -0.2) is 19.7 Å². The molecular weight excluding hydrogens is 248 g/mol. The molecule has 0 saturated heterocycles. The van der Waals surface area contributed by atoms with Gasteiger partial charge in [0.15, 0.2) is 0 Å². The zero-order valence-corrected chi connectivity index (χ0v) is 10.9. The highest BCUT2D eigenvalue weighted by molar-refractivity contribution is 6.31. The van der Waals surface area contributed by atoms with Crippen LogP contribution in [0.25, 0.3) is 0 Å². The molecule has 0 bridgehead atoms. The van der Waals surface area contributed by atoms with Crippen LogP contribution >= 0.6 is 11.6 Å². The van der Waals surface area contributed by atoms with Gasteiger partial charge in [0.25, 0.3) is 0 Å². The Balaban J connectivity index is 1.95. The molecule has 1 aliphatic carbocycles. The fraction of sp³-hybridized carbons (Fsp3) is 0.500. The van der Waals surface area contributed by atoms with Gasteiger partial charge in [-0.2, -0.15) is 5.26 Å². The molecule has 0 N–H and O–H groups in total. The van der Waals surface area contributed by atoms with Crippen molar-refractivity contribution in [2.75, 3.05) is 24.6 Å². The molecule has 3 rings (SSSR count). The van der Waals surface area contributed by atoms with Crippen LogP contribution < -0.4 is 9.64 Å². The average molecular weight is 263 g/mol. The summed E-state index contributed by atoms with van der Waals surface area (Å²) >= 11 is 6.00. The van der Waals surface area contributed by atoms with Crippen LogP contribution in [0.2, 0.25) is 5.02 Å². The van der Waals surface area contributed by atoms with Crippen molar-refractivity contribution in [3.63, 3.8) is 0 Å². The smallest absolute Gasteiger partial charge is 0.145 e. The van der Waals surface area contributed by atoms with Gasteiger partial charge in [0.1, 0.15) is 18.4 Å². The summed E-state index contributed by atoms with van der Waals surface area (Å²) in [5.41, 5.74) is 1.55. The molecule has 0 spiro atoms. The molecule has 0 amide bonds. The van der Waals surface area contributed by atoms with Gasteiger partial charge in [-0.15, -0.1) is 0 Å². The molecule has 0 radical (unpaired) electrons. The number of nitrogens with zero attached hydrogens (tertiary/aromatic N) is 2. The van der Waals surface area contributed by atoms with E-state index in [-0.39, 0.29) is 0 Å². The van der Waals surface area contributed by atoms with Crippen molar-refractivity contribution in [3.8, 4) is 11.8 Å². The Kier molecular flexibility index (Phi) is 3.05. The second kappa shape index (κ2) is 4.70. The van der Waals surface area contributed by atoms with E-state index in [1.54, 1.807) is 6.07 Å². The summed E-state index contributed by atoms with van der Waals surface area (Å²) in [7, 11) is 0. The summed E-state index contributed by atoms with van der Waals surface area (Å²) in [6.45, 7) is 2.57. The molecule has 0 aromatic heterocycles. The lowest BCUT2D eigenvalue weighted by atomic mass is 9.85. The monoisotopic (exact) mass is 262 g/mol. The van der Waals surface area contributed by atoms with Crippen LogP contribution in [0.5, 0.6) is 5.75 Å². The fourth-order valence-electron chi connectivity index (χ4n) is 2.64. The zero-order chi connectivity index (χ0) is 12.5. The number of hydrogen-bond acceptors (Lipinski definition) is 3. The second-order valence-electron chi connectivity index (χ2n) is 5.00. The number of halogens is 1. The number of benzene rings is 1. The van der Waals surface area contributed by atoms with Gasteiger partial charge in [0.2, 0.25) is 0 Å². The summed E-state index contributed by atoms with van der Waals surface area (Å²) in [6, 6.07) is 5.76. The summed E-state index contributed by atoms with van der Waals surface area (Å²) in [6.07, 6.45) is 3.96. The molecule has 1 heterocycles. The Hall–Kier alpha value is -1.40. The Bertz CT molecular complexity index is 505. The molecule has 2 aliphatic rings. The SMILES string of the molecule is N#Cc1cc(Cl)cc2c1N(CC1CCC1)CCO2. The van der Waals surface area contributed by atoms with E-state index < -0.39 is 0 Å². The minimum Gasteiger partial charge on any atom is -0.489 e. The third-order valence-corrected chi connectivity index (χ3v) is 4.02. The number of nitriles is 1. The summed E-state index contributed by atoms with van der Waals surface area (Å²) in [4.78, 5) is 2.29. The van der Waals surface area contributed by atoms with Gasteiger partial charge in [-0.3, -0.25) is 0 Å². The van der Waals surface area contributed by atoms with E-state index in [0.717, 1.165) is 30.4 Å². The molecule has 0 unspecified atom stereocenters. The van der Waals surface area contributed by atoms with Crippen molar-refractivity contribution in [1.29, 1.82) is 5.26 Å². The topological polar surface area (TPSA) is 36.3 Å². The van der Waals surface area contributed by atoms with Crippen molar-refractivity contribution < 1.29 is 4.74 Å². The van der Waals surface area contributed by atoms with Crippen LogP contribution in [0.3, 0.4) is 0 Å². The maximum Gasteiger partial charge on any atom is 0.145 e. The predicted molar refractivity (Wildman–Crippen MR) is 71.2 cm³/mol. The molecule has 1 aromatic carbocycles. The molecule has 3 nitrogen and oxygen atoms in total. The molecule has 1 fully saturated rings. The molecule has 1 aliphatic heterocycles. The first-order chi connectivity index (χ1) is 8.78. The van der Waals surface area contributed by atoms with E-state index >= 15 is 0 Å². The number of rotatable bonds is 2. The third-order valence-electron chi connectivity index (χ3n) is 3.80. The van der Waals surface area contributed by atoms with Gasteiger partial charge in [0.05, 0.1) is 17.8 Å². The summed E-state index contributed by atoms with van der Waals surface area (Å²) in [5, 5.41) is 9.82. The van der Waals surface area contributed by atoms with E-state index in [2.05, 4.69) is 11.0 Å². The lowest BCUT2D eigenvalue weighted by molar-refractivity contribution is 0.278. The van der Waals surface area contributed by atoms with E-state index in [1.165, 1.54) is 19.3 Å². The van der Waals surface area contributed by atoms with E-state index in [1.807, 2.05) is 6.07 Å². The minimum atomic E-state index is 0.566. The highest BCUT2D eigenvalue weighted by Gasteiger charge is 2.27. The predicted octanol–water partition coefficient (Wildman–Crippen LogP) is 3.21. The van der Waals surface area contributed by atoms with Crippen molar-refractivity contribution in [3.05, 3.63) is 22.7 Å². The quantitative estimate of drug-likeness (QED) is 0.821. The first-order valence-corrected chi connectivity index (χ1v) is 6.77. The second-order valence-corrected chi connectivity index (χ2v) is 5.44. The normalized spacial score (nSPS) is 18.6. The third kappa shape index (κ3) is 2.02. The lowest BCUT2D eigenvalue weighted by Gasteiger charge is -2.37. The van der Waals surface area contributed by atoms with Gasteiger partial charge in [0, 0.05) is 17.6 Å². The number of ether oxygens (including phenoxy) is 1. The molecule has 1 aromatic rings. The van der Waals surface area contributed by atoms with Crippen molar-refractivity contribution in [2.45, 2.75) is 19.3 Å². The molecule has 4 heteroatoms. The van der Waals surface area contributed by atoms with Crippen LogP contribution in [0.15, 0.2) is 12.1 Å². The number of fused-ring (bicyclic) bond motifs is 1. The summed E-state index contributed by atoms with van der Waals surface area (Å²) in [5.74, 6) is 1.53. The Labute approximate surface area is 112 Å². The zero-order valence-electron chi connectivity index (χ0n) is 10.2. The first kappa shape index (κ1) is 11.7. The van der Waals surface area contributed by atoms with Crippen molar-refractivity contribution >= 4 is 17.3 Å². The lowest BCUT2D eigenvalue weighted by Crippen LogP contribution is -2.38. The van der Waals surface area contributed by atoms with Gasteiger partial charge >= 0.3 is 0 Å². The molecule has 18 heavy (non-hydrogen) atoms. The summed E-state index contributed by atoms with van der Waals surface area (Å²) < 4.78 is 5.63. The van der Waals surface area contributed by atoms with Gasteiger partial charge < -0.3 is 9.64 Å². The van der Waals surface area contributed by atoms with Crippen LogP contribution in [0, 0.1) is 17.2 Å². The van der Waals surface area contributed by atoms with E-state index in [4.69, 9.17) is 16.3 Å². The van der Waals surface area contributed by atoms with Crippen molar-refractivity contribution in [2.24, 2.45) is 5.92 Å². The Morgan fingerprint density at radius 3 is 2.94 bits per heavy atom. The molecule has 0 atom stereocenters. The Morgan fingerprint density at radius 1 is 1.44 bits per heavy atom. The molecule has 94 valence electrons. The highest BCUT2D eigenvalue weighted by Crippen LogP contribution is 2.39. The maximum absolute atomic E-state index is 9.25. The Morgan fingerprint density at radius 2 is 2.28 bits per heavy atom. The van der Waals surface area contributed by atoms with Crippen LogP contribution in [-0.2, 0) is 0 Å². The van der Waals surface area contributed by atoms with Gasteiger partial charge in [-0.05, 0) is 24.8 Å². The fourth-order valence-corrected chi connectivity index (χ4v) is 2.85. The molecular formula is C14H15ClN2O. The maximum atomic E-state index is 9.25. The number of anilines is 1. The van der Waals surface area contributed by atoms with Gasteiger partial charge in [-0.1, -0.05) is 18.0 Å². The minimum absolute atomic E-state index is 0.566. The van der Waals surface area contributed by atoms with E-state index in [0.29, 0.717) is 17.2 Å².